The first-order chi connectivity index (χ1) is 7.91. The number of rotatable bonds is 5. The predicted octanol–water partition coefficient (Wildman–Crippen LogP) is -0.406. The van der Waals surface area contributed by atoms with E-state index in [1.165, 1.54) is 6.92 Å². The van der Waals surface area contributed by atoms with Crippen LogP contribution in [0, 0.1) is 6.92 Å². The molecule has 0 aliphatic carbocycles. The number of oxazole rings is 1. The molecule has 1 aromatic heterocycles. The highest BCUT2D eigenvalue weighted by Crippen LogP contribution is 2.09. The van der Waals surface area contributed by atoms with E-state index in [4.69, 9.17) is 14.6 Å². The van der Waals surface area contributed by atoms with Gasteiger partial charge in [-0.3, -0.25) is 14.4 Å². The van der Waals surface area contributed by atoms with Gasteiger partial charge in [0.25, 0.3) is 5.91 Å². The second kappa shape index (κ2) is 5.10. The fraction of sp³-hybridized carbons (Fsp3) is 0.333. The van der Waals surface area contributed by atoms with E-state index in [1.54, 1.807) is 0 Å². The van der Waals surface area contributed by atoms with E-state index in [0.717, 1.165) is 6.39 Å². The summed E-state index contributed by atoms with van der Waals surface area (Å²) in [7, 11) is 0. The van der Waals surface area contributed by atoms with E-state index in [0.29, 0.717) is 4.90 Å². The maximum Gasteiger partial charge on any atom is 0.323 e. The van der Waals surface area contributed by atoms with Gasteiger partial charge in [0.2, 0.25) is 5.76 Å². The number of carboxylic acid groups (broad SMARTS) is 2. The summed E-state index contributed by atoms with van der Waals surface area (Å²) >= 11 is 0. The van der Waals surface area contributed by atoms with Crippen molar-refractivity contribution in [2.75, 3.05) is 13.1 Å². The smallest absolute Gasteiger partial charge is 0.323 e. The quantitative estimate of drug-likeness (QED) is 0.720. The van der Waals surface area contributed by atoms with Crippen LogP contribution in [0.15, 0.2) is 10.8 Å². The Morgan fingerprint density at radius 3 is 2.18 bits per heavy atom. The molecule has 0 aliphatic heterocycles. The van der Waals surface area contributed by atoms with Crippen LogP contribution < -0.4 is 0 Å². The van der Waals surface area contributed by atoms with Gasteiger partial charge in [-0.05, 0) is 6.92 Å². The molecule has 1 rings (SSSR count). The Morgan fingerprint density at radius 2 is 1.82 bits per heavy atom. The molecule has 92 valence electrons. The van der Waals surface area contributed by atoms with Crippen molar-refractivity contribution in [3.05, 3.63) is 17.8 Å². The molecular formula is C9H10N2O6. The zero-order valence-electron chi connectivity index (χ0n) is 8.91. The molecule has 0 spiro atoms. The molecule has 0 aromatic carbocycles. The zero-order valence-corrected chi connectivity index (χ0v) is 8.91. The molecule has 0 radical (unpaired) electrons. The van der Waals surface area contributed by atoms with Crippen LogP contribution >= 0.6 is 0 Å². The number of carbonyl (C=O) groups excluding carboxylic acids is 1. The Labute approximate surface area is 95.5 Å². The van der Waals surface area contributed by atoms with Crippen molar-refractivity contribution in [3.63, 3.8) is 0 Å². The van der Waals surface area contributed by atoms with Crippen molar-refractivity contribution in [3.8, 4) is 0 Å². The molecule has 17 heavy (non-hydrogen) atoms. The summed E-state index contributed by atoms with van der Waals surface area (Å²) < 4.78 is 4.78. The molecule has 0 atom stereocenters. The summed E-state index contributed by atoms with van der Waals surface area (Å²) in [4.78, 5) is 37.1. The second-order valence-corrected chi connectivity index (χ2v) is 3.22. The minimum Gasteiger partial charge on any atom is -0.480 e. The minimum atomic E-state index is -1.31. The summed E-state index contributed by atoms with van der Waals surface area (Å²) in [6.07, 6.45) is 1.03. The molecule has 8 nitrogen and oxygen atoms in total. The highest BCUT2D eigenvalue weighted by atomic mass is 16.4. The summed E-state index contributed by atoms with van der Waals surface area (Å²) in [5.74, 6) is -3.59. The molecule has 0 unspecified atom stereocenters. The molecule has 8 heteroatoms. The first kappa shape index (κ1) is 12.7. The van der Waals surface area contributed by atoms with Gasteiger partial charge in [-0.2, -0.15) is 0 Å². The van der Waals surface area contributed by atoms with E-state index in [1.807, 2.05) is 0 Å². The summed E-state index contributed by atoms with van der Waals surface area (Å²) in [5.41, 5.74) is 0.274. The lowest BCUT2D eigenvalue weighted by Crippen LogP contribution is -2.39. The molecule has 0 fully saturated rings. The van der Waals surface area contributed by atoms with Gasteiger partial charge in [0.15, 0.2) is 6.39 Å². The fourth-order valence-electron chi connectivity index (χ4n) is 1.18. The van der Waals surface area contributed by atoms with Gasteiger partial charge in [0, 0.05) is 0 Å². The van der Waals surface area contributed by atoms with Gasteiger partial charge < -0.3 is 19.5 Å². The number of hydrogen-bond acceptors (Lipinski definition) is 5. The lowest BCUT2D eigenvalue weighted by atomic mass is 10.3. The first-order valence-corrected chi connectivity index (χ1v) is 4.54. The molecule has 1 heterocycles. The number of carbonyl (C=O) groups is 3. The number of hydrogen-bond donors (Lipinski definition) is 2. The average Bonchev–Trinajstić information content (AvgIpc) is 2.61. The molecule has 1 aromatic rings. The summed E-state index contributed by atoms with van der Waals surface area (Å²) in [6.45, 7) is 0.0625. The number of aliphatic carboxylic acids is 2. The van der Waals surface area contributed by atoms with E-state index in [-0.39, 0.29) is 11.5 Å². The van der Waals surface area contributed by atoms with Crippen LogP contribution in [0.1, 0.15) is 16.2 Å². The highest BCUT2D eigenvalue weighted by molar-refractivity contribution is 5.95. The van der Waals surface area contributed by atoms with Crippen LogP contribution in [0.4, 0.5) is 0 Å². The van der Waals surface area contributed by atoms with Crippen molar-refractivity contribution < 1.29 is 29.0 Å². The van der Waals surface area contributed by atoms with Gasteiger partial charge in [0.05, 0.1) is 5.69 Å². The predicted molar refractivity (Wildman–Crippen MR) is 52.4 cm³/mol. The van der Waals surface area contributed by atoms with Crippen LogP contribution in [0.25, 0.3) is 0 Å². The molecule has 2 N–H and O–H groups in total. The minimum absolute atomic E-state index is 0.160. The van der Waals surface area contributed by atoms with Crippen LogP contribution in [-0.2, 0) is 9.59 Å². The maximum absolute atomic E-state index is 11.8. The fourth-order valence-corrected chi connectivity index (χ4v) is 1.18. The monoisotopic (exact) mass is 242 g/mol. The molecule has 0 aliphatic rings. The van der Waals surface area contributed by atoms with E-state index < -0.39 is 30.9 Å². The van der Waals surface area contributed by atoms with Crippen molar-refractivity contribution >= 4 is 17.8 Å². The Hall–Kier alpha value is -2.38. The summed E-state index contributed by atoms with van der Waals surface area (Å²) in [6, 6.07) is 0. The average molecular weight is 242 g/mol. The standard InChI is InChI=1S/C9H10N2O6/c1-5-8(17-4-10-5)9(16)11(2-6(12)13)3-7(14)15/h4H,2-3H2,1H3,(H,12,13)(H,14,15). The van der Waals surface area contributed by atoms with E-state index >= 15 is 0 Å². The molecule has 0 saturated carbocycles. The van der Waals surface area contributed by atoms with Gasteiger partial charge in [-0.15, -0.1) is 0 Å². The number of amides is 1. The lowest BCUT2D eigenvalue weighted by molar-refractivity contribution is -0.140. The highest BCUT2D eigenvalue weighted by Gasteiger charge is 2.25. The van der Waals surface area contributed by atoms with E-state index in [2.05, 4.69) is 4.98 Å². The number of nitrogens with zero attached hydrogens (tertiary/aromatic N) is 2. The van der Waals surface area contributed by atoms with Gasteiger partial charge in [-0.1, -0.05) is 0 Å². The number of carboxylic acids is 2. The van der Waals surface area contributed by atoms with Crippen molar-refractivity contribution in [2.24, 2.45) is 0 Å². The molecular weight excluding hydrogens is 232 g/mol. The van der Waals surface area contributed by atoms with Gasteiger partial charge in [-0.25, -0.2) is 4.98 Å². The summed E-state index contributed by atoms with van der Waals surface area (Å²) in [5, 5.41) is 17.2. The largest absolute Gasteiger partial charge is 0.480 e. The Morgan fingerprint density at radius 1 is 1.29 bits per heavy atom. The first-order valence-electron chi connectivity index (χ1n) is 4.54. The molecule has 0 bridgehead atoms. The third-order valence-corrected chi connectivity index (χ3v) is 1.88. The Bertz CT molecular complexity index is 436. The van der Waals surface area contributed by atoms with Crippen LogP contribution in [0.3, 0.4) is 0 Å². The number of aromatic nitrogens is 1. The van der Waals surface area contributed by atoms with Crippen LogP contribution in [0.5, 0.6) is 0 Å². The third kappa shape index (κ3) is 3.30. The molecule has 1 amide bonds. The third-order valence-electron chi connectivity index (χ3n) is 1.88. The van der Waals surface area contributed by atoms with Crippen molar-refractivity contribution in [1.82, 2.24) is 9.88 Å². The van der Waals surface area contributed by atoms with Crippen molar-refractivity contribution in [2.45, 2.75) is 6.92 Å². The normalized spacial score (nSPS) is 9.94. The van der Waals surface area contributed by atoms with Gasteiger partial charge >= 0.3 is 11.9 Å². The number of aryl methyl sites for hydroxylation is 1. The Kier molecular flexibility index (Phi) is 3.81. The van der Waals surface area contributed by atoms with Crippen molar-refractivity contribution in [1.29, 1.82) is 0 Å². The topological polar surface area (TPSA) is 121 Å². The molecule has 0 saturated heterocycles. The van der Waals surface area contributed by atoms with E-state index in [9.17, 15) is 14.4 Å². The van der Waals surface area contributed by atoms with Gasteiger partial charge in [0.1, 0.15) is 13.1 Å². The van der Waals surface area contributed by atoms with Crippen LogP contribution in [-0.4, -0.2) is 51.0 Å². The maximum atomic E-state index is 11.8. The lowest BCUT2D eigenvalue weighted by Gasteiger charge is -2.16. The second-order valence-electron chi connectivity index (χ2n) is 3.22. The Balaban J connectivity index is 2.90. The van der Waals surface area contributed by atoms with Crippen LogP contribution in [0.2, 0.25) is 0 Å². The SMILES string of the molecule is Cc1ncoc1C(=O)N(CC(=O)O)CC(=O)O. The zero-order chi connectivity index (χ0) is 13.0.